The number of aromatic nitrogens is 1. The Morgan fingerprint density at radius 2 is 1.81 bits per heavy atom. The van der Waals surface area contributed by atoms with Gasteiger partial charge in [-0.05, 0) is 38.2 Å². The molecular formula is C17H24N2O2. The van der Waals surface area contributed by atoms with Gasteiger partial charge in [-0.1, -0.05) is 25.7 Å². The molecule has 0 unspecified atom stereocenters. The largest absolute Gasteiger partial charge is 0.354 e. The van der Waals surface area contributed by atoms with Gasteiger partial charge >= 0.3 is 0 Å². The van der Waals surface area contributed by atoms with Crippen molar-refractivity contribution < 1.29 is 9.59 Å². The third-order valence-electron chi connectivity index (χ3n) is 4.85. The summed E-state index contributed by atoms with van der Waals surface area (Å²) in [4.78, 5) is 27.7. The van der Waals surface area contributed by atoms with Crippen molar-refractivity contribution in [3.05, 3.63) is 22.5 Å². The topological polar surface area (TPSA) is 62.0 Å². The molecule has 0 radical (unpaired) electrons. The van der Waals surface area contributed by atoms with Gasteiger partial charge in [0.05, 0.1) is 0 Å². The summed E-state index contributed by atoms with van der Waals surface area (Å²) >= 11 is 0. The van der Waals surface area contributed by atoms with E-state index in [0.29, 0.717) is 12.1 Å². The number of aromatic amines is 1. The van der Waals surface area contributed by atoms with Crippen LogP contribution in [0.5, 0.6) is 0 Å². The molecule has 21 heavy (non-hydrogen) atoms. The summed E-state index contributed by atoms with van der Waals surface area (Å²) in [5.41, 5.74) is 3.15. The summed E-state index contributed by atoms with van der Waals surface area (Å²) in [6.07, 6.45) is 9.46. The van der Waals surface area contributed by atoms with E-state index < -0.39 is 0 Å². The fraction of sp³-hybridized carbons (Fsp3) is 0.647. The minimum absolute atomic E-state index is 0.0402. The Labute approximate surface area is 125 Å². The summed E-state index contributed by atoms with van der Waals surface area (Å²) in [6.45, 7) is 1.89. The molecule has 3 rings (SSSR count). The molecule has 114 valence electrons. The highest BCUT2D eigenvalue weighted by Crippen LogP contribution is 2.26. The maximum absolute atomic E-state index is 12.5. The SMILES string of the molecule is Cc1c(C(=O)NC2CCCCCC2)[nH]c2c1C(=O)CCC2. The molecule has 0 atom stereocenters. The summed E-state index contributed by atoms with van der Waals surface area (Å²) in [5, 5.41) is 3.16. The number of hydrogen-bond acceptors (Lipinski definition) is 2. The lowest BCUT2D eigenvalue weighted by Gasteiger charge is -2.16. The van der Waals surface area contributed by atoms with Crippen LogP contribution in [0, 0.1) is 6.92 Å². The zero-order valence-corrected chi connectivity index (χ0v) is 12.8. The van der Waals surface area contributed by atoms with E-state index in [4.69, 9.17) is 0 Å². The van der Waals surface area contributed by atoms with Crippen LogP contribution in [0.3, 0.4) is 0 Å². The average molecular weight is 288 g/mol. The van der Waals surface area contributed by atoms with Gasteiger partial charge in [0.2, 0.25) is 0 Å². The van der Waals surface area contributed by atoms with E-state index in [1.54, 1.807) is 0 Å². The van der Waals surface area contributed by atoms with Gasteiger partial charge in [0.1, 0.15) is 5.69 Å². The second-order valence-corrected chi connectivity index (χ2v) is 6.42. The highest BCUT2D eigenvalue weighted by Gasteiger charge is 2.27. The Hall–Kier alpha value is -1.58. The molecule has 1 heterocycles. The highest BCUT2D eigenvalue weighted by molar-refractivity contribution is 6.04. The number of nitrogens with one attached hydrogen (secondary N) is 2. The van der Waals surface area contributed by atoms with Gasteiger partial charge in [-0.2, -0.15) is 0 Å². The van der Waals surface area contributed by atoms with E-state index in [2.05, 4.69) is 10.3 Å². The molecule has 0 aromatic carbocycles. The predicted molar refractivity (Wildman–Crippen MR) is 81.8 cm³/mol. The molecule has 1 saturated carbocycles. The van der Waals surface area contributed by atoms with Crippen LogP contribution in [0.4, 0.5) is 0 Å². The van der Waals surface area contributed by atoms with Crippen molar-refractivity contribution >= 4 is 11.7 Å². The maximum atomic E-state index is 12.5. The Bertz CT molecular complexity index is 551. The van der Waals surface area contributed by atoms with Gasteiger partial charge in [0, 0.05) is 23.7 Å². The third kappa shape index (κ3) is 2.89. The molecule has 2 aliphatic carbocycles. The minimum Gasteiger partial charge on any atom is -0.354 e. The molecular weight excluding hydrogens is 264 g/mol. The zero-order chi connectivity index (χ0) is 14.8. The molecule has 1 aromatic rings. The van der Waals surface area contributed by atoms with Gasteiger partial charge in [-0.15, -0.1) is 0 Å². The number of ketones is 1. The molecule has 1 fully saturated rings. The molecule has 0 bridgehead atoms. The maximum Gasteiger partial charge on any atom is 0.268 e. The number of hydrogen-bond donors (Lipinski definition) is 2. The Balaban J connectivity index is 1.77. The number of Topliss-reactive ketones (excluding diaryl/α,β-unsaturated/α-hetero) is 1. The van der Waals surface area contributed by atoms with Gasteiger partial charge in [-0.3, -0.25) is 9.59 Å². The second-order valence-electron chi connectivity index (χ2n) is 6.42. The van der Waals surface area contributed by atoms with Crippen LogP contribution in [-0.4, -0.2) is 22.7 Å². The Morgan fingerprint density at radius 1 is 1.10 bits per heavy atom. The van der Waals surface area contributed by atoms with Crippen molar-refractivity contribution in [2.75, 3.05) is 0 Å². The number of carbonyl (C=O) groups is 2. The van der Waals surface area contributed by atoms with Crippen molar-refractivity contribution in [3.63, 3.8) is 0 Å². The first-order chi connectivity index (χ1) is 10.2. The van der Waals surface area contributed by atoms with Crippen LogP contribution in [0.2, 0.25) is 0 Å². The van der Waals surface area contributed by atoms with Crippen LogP contribution in [0.15, 0.2) is 0 Å². The monoisotopic (exact) mass is 288 g/mol. The lowest BCUT2D eigenvalue weighted by molar-refractivity contribution is 0.0927. The minimum atomic E-state index is -0.0402. The van der Waals surface area contributed by atoms with Crippen LogP contribution in [0.25, 0.3) is 0 Å². The summed E-state index contributed by atoms with van der Waals surface area (Å²) in [5.74, 6) is 0.139. The van der Waals surface area contributed by atoms with Crippen LogP contribution in [0.1, 0.15) is 83.5 Å². The van der Waals surface area contributed by atoms with Gasteiger partial charge in [0.25, 0.3) is 5.91 Å². The Kier molecular flexibility index (Phi) is 4.13. The van der Waals surface area contributed by atoms with E-state index in [1.165, 1.54) is 25.7 Å². The van der Waals surface area contributed by atoms with E-state index in [9.17, 15) is 9.59 Å². The first-order valence-electron chi connectivity index (χ1n) is 8.22. The number of aryl methyl sites for hydroxylation is 1. The Morgan fingerprint density at radius 3 is 2.48 bits per heavy atom. The second kappa shape index (κ2) is 6.04. The van der Waals surface area contributed by atoms with Gasteiger partial charge < -0.3 is 10.3 Å². The van der Waals surface area contributed by atoms with Gasteiger partial charge in [-0.25, -0.2) is 0 Å². The van der Waals surface area contributed by atoms with Crippen LogP contribution >= 0.6 is 0 Å². The zero-order valence-electron chi connectivity index (χ0n) is 12.8. The number of carbonyl (C=O) groups excluding carboxylic acids is 2. The molecule has 0 aliphatic heterocycles. The molecule has 1 amide bonds. The molecule has 4 heteroatoms. The van der Waals surface area contributed by atoms with E-state index in [-0.39, 0.29) is 17.7 Å². The molecule has 1 aromatic heterocycles. The highest BCUT2D eigenvalue weighted by atomic mass is 16.2. The lowest BCUT2D eigenvalue weighted by atomic mass is 9.94. The fourth-order valence-corrected chi connectivity index (χ4v) is 3.68. The van der Waals surface area contributed by atoms with Crippen molar-refractivity contribution in [2.24, 2.45) is 0 Å². The van der Waals surface area contributed by atoms with Crippen LogP contribution in [-0.2, 0) is 6.42 Å². The normalized spacial score (nSPS) is 20.0. The molecule has 0 saturated heterocycles. The lowest BCUT2D eigenvalue weighted by Crippen LogP contribution is -2.35. The number of H-pyrrole nitrogens is 1. The summed E-state index contributed by atoms with van der Waals surface area (Å²) in [6, 6.07) is 0.287. The van der Waals surface area contributed by atoms with Crippen molar-refractivity contribution in [2.45, 2.75) is 70.8 Å². The first-order valence-corrected chi connectivity index (χ1v) is 8.22. The number of amides is 1. The molecule has 4 nitrogen and oxygen atoms in total. The third-order valence-corrected chi connectivity index (χ3v) is 4.85. The first kappa shape index (κ1) is 14.4. The van der Waals surface area contributed by atoms with E-state index in [1.807, 2.05) is 6.92 Å². The quantitative estimate of drug-likeness (QED) is 0.820. The standard InChI is InChI=1S/C17H24N2O2/c1-11-15-13(9-6-10-14(15)20)19-16(11)17(21)18-12-7-4-2-3-5-8-12/h12,19H,2-10H2,1H3,(H,18,21). The molecule has 0 spiro atoms. The van der Waals surface area contributed by atoms with E-state index in [0.717, 1.165) is 42.5 Å². The van der Waals surface area contributed by atoms with Crippen molar-refractivity contribution in [3.8, 4) is 0 Å². The smallest absolute Gasteiger partial charge is 0.268 e. The number of fused-ring (bicyclic) bond motifs is 1. The summed E-state index contributed by atoms with van der Waals surface area (Å²) < 4.78 is 0. The van der Waals surface area contributed by atoms with Crippen molar-refractivity contribution in [1.82, 2.24) is 10.3 Å². The molecule has 2 aliphatic rings. The number of rotatable bonds is 2. The predicted octanol–water partition coefficient (Wildman–Crippen LogP) is 3.29. The van der Waals surface area contributed by atoms with Crippen molar-refractivity contribution in [1.29, 1.82) is 0 Å². The van der Waals surface area contributed by atoms with Crippen LogP contribution < -0.4 is 5.32 Å². The average Bonchev–Trinajstić information content (AvgIpc) is 2.64. The van der Waals surface area contributed by atoms with Gasteiger partial charge in [0.15, 0.2) is 5.78 Å². The summed E-state index contributed by atoms with van der Waals surface area (Å²) in [7, 11) is 0. The molecule has 2 N–H and O–H groups in total. The fourth-order valence-electron chi connectivity index (χ4n) is 3.68. The van der Waals surface area contributed by atoms with E-state index >= 15 is 0 Å².